The SMILES string of the molecule is Cc1ccc(CN2CC(C(=O)Nc3cnc4c(c3)c(C)nn4C)CC2=O)cc1. The second kappa shape index (κ2) is 7.07. The van der Waals surface area contributed by atoms with E-state index in [1.807, 2.05) is 51.2 Å². The molecule has 2 amide bonds. The monoisotopic (exact) mass is 377 g/mol. The average Bonchev–Trinajstić information content (AvgIpc) is 3.17. The summed E-state index contributed by atoms with van der Waals surface area (Å²) < 4.78 is 1.72. The molecule has 1 aliphatic heterocycles. The van der Waals surface area contributed by atoms with Crippen LogP contribution in [0.4, 0.5) is 5.69 Å². The molecule has 1 aromatic carbocycles. The Kier molecular flexibility index (Phi) is 4.58. The predicted octanol–water partition coefficient (Wildman–Crippen LogP) is 2.57. The Morgan fingerprint density at radius 1 is 1.25 bits per heavy atom. The molecule has 1 unspecified atom stereocenters. The lowest BCUT2D eigenvalue weighted by Crippen LogP contribution is -2.28. The number of amides is 2. The van der Waals surface area contributed by atoms with Crippen molar-refractivity contribution in [2.24, 2.45) is 13.0 Å². The number of aromatic nitrogens is 3. The van der Waals surface area contributed by atoms with Crippen molar-refractivity contribution in [3.8, 4) is 0 Å². The molecule has 2 aromatic heterocycles. The third-order valence-corrected chi connectivity index (χ3v) is 5.21. The molecule has 0 spiro atoms. The Morgan fingerprint density at radius 2 is 2.00 bits per heavy atom. The molecule has 28 heavy (non-hydrogen) atoms. The summed E-state index contributed by atoms with van der Waals surface area (Å²) in [6.45, 7) is 4.91. The Bertz CT molecular complexity index is 1050. The van der Waals surface area contributed by atoms with E-state index < -0.39 is 0 Å². The maximum atomic E-state index is 12.7. The number of hydrogen-bond donors (Lipinski definition) is 1. The molecule has 1 saturated heterocycles. The fourth-order valence-corrected chi connectivity index (χ4v) is 3.64. The zero-order chi connectivity index (χ0) is 19.8. The highest BCUT2D eigenvalue weighted by Gasteiger charge is 2.34. The number of aryl methyl sites for hydroxylation is 3. The summed E-state index contributed by atoms with van der Waals surface area (Å²) in [5.74, 6) is -0.497. The first-order valence-electron chi connectivity index (χ1n) is 9.34. The first-order valence-corrected chi connectivity index (χ1v) is 9.34. The van der Waals surface area contributed by atoms with Crippen LogP contribution in [0.15, 0.2) is 36.5 Å². The molecular weight excluding hydrogens is 354 g/mol. The summed E-state index contributed by atoms with van der Waals surface area (Å²) in [4.78, 5) is 31.2. The summed E-state index contributed by atoms with van der Waals surface area (Å²) in [5.41, 5.74) is 4.51. The van der Waals surface area contributed by atoms with Crippen LogP contribution < -0.4 is 5.32 Å². The lowest BCUT2D eigenvalue weighted by Gasteiger charge is -2.17. The van der Waals surface area contributed by atoms with Crippen molar-refractivity contribution in [1.29, 1.82) is 0 Å². The van der Waals surface area contributed by atoms with Crippen molar-refractivity contribution >= 4 is 28.5 Å². The number of hydrogen-bond acceptors (Lipinski definition) is 4. The third kappa shape index (κ3) is 3.47. The second-order valence-electron chi connectivity index (χ2n) is 7.45. The number of carbonyl (C=O) groups is 2. The molecule has 4 rings (SSSR count). The average molecular weight is 377 g/mol. The lowest BCUT2D eigenvalue weighted by molar-refractivity contribution is -0.128. The topological polar surface area (TPSA) is 80.1 Å². The van der Waals surface area contributed by atoms with Crippen LogP contribution >= 0.6 is 0 Å². The predicted molar refractivity (Wildman–Crippen MR) is 107 cm³/mol. The Balaban J connectivity index is 1.43. The summed E-state index contributed by atoms with van der Waals surface area (Å²) >= 11 is 0. The summed E-state index contributed by atoms with van der Waals surface area (Å²) in [5, 5.41) is 8.16. The molecule has 7 heteroatoms. The Morgan fingerprint density at radius 3 is 2.75 bits per heavy atom. The van der Waals surface area contributed by atoms with E-state index in [0.29, 0.717) is 18.8 Å². The van der Waals surface area contributed by atoms with Crippen LogP contribution in [0.5, 0.6) is 0 Å². The van der Waals surface area contributed by atoms with Gasteiger partial charge in [-0.1, -0.05) is 29.8 Å². The first-order chi connectivity index (χ1) is 13.4. The van der Waals surface area contributed by atoms with Crippen molar-refractivity contribution in [1.82, 2.24) is 19.7 Å². The molecule has 1 N–H and O–H groups in total. The minimum Gasteiger partial charge on any atom is -0.338 e. The molecule has 0 saturated carbocycles. The van der Waals surface area contributed by atoms with Gasteiger partial charge in [-0.25, -0.2) is 4.98 Å². The fourth-order valence-electron chi connectivity index (χ4n) is 3.64. The molecule has 1 atom stereocenters. The molecule has 3 heterocycles. The maximum Gasteiger partial charge on any atom is 0.229 e. The summed E-state index contributed by atoms with van der Waals surface area (Å²) in [7, 11) is 1.84. The molecule has 1 aliphatic rings. The van der Waals surface area contributed by atoms with E-state index in [2.05, 4.69) is 15.4 Å². The van der Waals surface area contributed by atoms with Gasteiger partial charge in [0.05, 0.1) is 23.5 Å². The van der Waals surface area contributed by atoms with Crippen LogP contribution in [0.3, 0.4) is 0 Å². The number of likely N-dealkylation sites (tertiary alicyclic amines) is 1. The molecule has 1 fully saturated rings. The van der Waals surface area contributed by atoms with Gasteiger partial charge in [0.1, 0.15) is 0 Å². The highest BCUT2D eigenvalue weighted by molar-refractivity contribution is 5.98. The van der Waals surface area contributed by atoms with Crippen LogP contribution in [0.2, 0.25) is 0 Å². The van der Waals surface area contributed by atoms with Crippen LogP contribution in [0.25, 0.3) is 11.0 Å². The van der Waals surface area contributed by atoms with Gasteiger partial charge in [-0.05, 0) is 25.5 Å². The van der Waals surface area contributed by atoms with Crippen molar-refractivity contribution in [3.05, 3.63) is 53.3 Å². The minimum absolute atomic E-state index is 0.0115. The quantitative estimate of drug-likeness (QED) is 0.758. The van der Waals surface area contributed by atoms with E-state index in [1.165, 1.54) is 5.56 Å². The Labute approximate surface area is 163 Å². The van der Waals surface area contributed by atoms with Crippen LogP contribution in [-0.2, 0) is 23.2 Å². The van der Waals surface area contributed by atoms with Gasteiger partial charge in [0.2, 0.25) is 11.8 Å². The first kappa shape index (κ1) is 18.2. The van der Waals surface area contributed by atoms with E-state index in [9.17, 15) is 9.59 Å². The van der Waals surface area contributed by atoms with Crippen molar-refractivity contribution in [2.45, 2.75) is 26.8 Å². The largest absolute Gasteiger partial charge is 0.338 e. The number of pyridine rings is 1. The van der Waals surface area contributed by atoms with Crippen LogP contribution in [-0.4, -0.2) is 38.0 Å². The van der Waals surface area contributed by atoms with Crippen molar-refractivity contribution in [3.63, 3.8) is 0 Å². The van der Waals surface area contributed by atoms with E-state index >= 15 is 0 Å². The highest BCUT2D eigenvalue weighted by Crippen LogP contribution is 2.24. The number of benzene rings is 1. The van der Waals surface area contributed by atoms with Gasteiger partial charge in [0.25, 0.3) is 0 Å². The summed E-state index contributed by atoms with van der Waals surface area (Å²) in [6, 6.07) is 9.98. The van der Waals surface area contributed by atoms with Gasteiger partial charge in [0, 0.05) is 31.9 Å². The number of rotatable bonds is 4. The van der Waals surface area contributed by atoms with Gasteiger partial charge in [-0.2, -0.15) is 5.10 Å². The standard InChI is InChI=1S/C21H23N5O2/c1-13-4-6-15(7-5-13)11-26-12-16(8-19(26)27)21(28)23-17-9-18-14(2)24-25(3)20(18)22-10-17/h4-7,9-10,16H,8,11-12H2,1-3H3,(H,23,28). The van der Waals surface area contributed by atoms with E-state index in [0.717, 1.165) is 22.3 Å². The number of nitrogens with one attached hydrogen (secondary N) is 1. The third-order valence-electron chi connectivity index (χ3n) is 5.21. The van der Waals surface area contributed by atoms with Gasteiger partial charge in [-0.3, -0.25) is 14.3 Å². The van der Waals surface area contributed by atoms with E-state index in [-0.39, 0.29) is 24.2 Å². The molecule has 7 nitrogen and oxygen atoms in total. The zero-order valence-electron chi connectivity index (χ0n) is 16.3. The number of fused-ring (bicyclic) bond motifs is 1. The Hall–Kier alpha value is -3.22. The van der Waals surface area contributed by atoms with Gasteiger partial charge < -0.3 is 10.2 Å². The van der Waals surface area contributed by atoms with Crippen LogP contribution in [0, 0.1) is 19.8 Å². The van der Waals surface area contributed by atoms with Crippen molar-refractivity contribution in [2.75, 3.05) is 11.9 Å². The number of nitrogens with zero attached hydrogens (tertiary/aromatic N) is 4. The smallest absolute Gasteiger partial charge is 0.229 e. The normalized spacial score (nSPS) is 16.8. The van der Waals surface area contributed by atoms with E-state index in [4.69, 9.17) is 0 Å². The molecular formula is C21H23N5O2. The second-order valence-corrected chi connectivity index (χ2v) is 7.45. The lowest BCUT2D eigenvalue weighted by atomic mass is 10.1. The molecule has 3 aromatic rings. The number of carbonyl (C=O) groups excluding carboxylic acids is 2. The fraction of sp³-hybridized carbons (Fsp3) is 0.333. The summed E-state index contributed by atoms with van der Waals surface area (Å²) in [6.07, 6.45) is 1.86. The van der Waals surface area contributed by atoms with Gasteiger partial charge in [-0.15, -0.1) is 0 Å². The highest BCUT2D eigenvalue weighted by atomic mass is 16.2. The molecule has 0 aliphatic carbocycles. The molecule has 0 bridgehead atoms. The van der Waals surface area contributed by atoms with E-state index in [1.54, 1.807) is 15.8 Å². The number of anilines is 1. The van der Waals surface area contributed by atoms with Crippen molar-refractivity contribution < 1.29 is 9.59 Å². The minimum atomic E-state index is -0.358. The zero-order valence-corrected chi connectivity index (χ0v) is 16.3. The van der Waals surface area contributed by atoms with Crippen LogP contribution in [0.1, 0.15) is 23.2 Å². The maximum absolute atomic E-state index is 12.7. The van der Waals surface area contributed by atoms with Gasteiger partial charge in [0.15, 0.2) is 5.65 Å². The van der Waals surface area contributed by atoms with Gasteiger partial charge >= 0.3 is 0 Å². The molecule has 0 radical (unpaired) electrons. The molecule has 144 valence electrons.